The Bertz CT molecular complexity index is 812. The van der Waals surface area contributed by atoms with Gasteiger partial charge in [-0.2, -0.15) is 5.10 Å². The molecule has 8 heteroatoms. The minimum Gasteiger partial charge on any atom is -0.389 e. The van der Waals surface area contributed by atoms with Gasteiger partial charge in [0.2, 0.25) is 0 Å². The smallest absolute Gasteiger partial charge is 0.257 e. The van der Waals surface area contributed by atoms with Crippen LogP contribution in [0.4, 0.5) is 4.39 Å². The summed E-state index contributed by atoms with van der Waals surface area (Å²) in [5, 5.41) is 16.9. The Kier molecular flexibility index (Phi) is 5.20. The van der Waals surface area contributed by atoms with Gasteiger partial charge in [-0.25, -0.2) is 4.39 Å². The van der Waals surface area contributed by atoms with Gasteiger partial charge in [-0.05, 0) is 18.6 Å². The number of nitrogens with zero attached hydrogens (tertiary/aromatic N) is 3. The second-order valence-electron chi connectivity index (χ2n) is 7.02. The fraction of sp³-hybridized carbons (Fsp3) is 0.474. The third-order valence-electron chi connectivity index (χ3n) is 5.29. The number of aliphatic hydroxyl groups excluding tert-OH is 1. The molecule has 27 heavy (non-hydrogen) atoms. The van der Waals surface area contributed by atoms with Crippen molar-refractivity contribution in [1.29, 1.82) is 0 Å². The number of carbonyl (C=O) groups excluding carboxylic acids is 1. The first-order valence-electron chi connectivity index (χ1n) is 9.22. The van der Waals surface area contributed by atoms with Crippen LogP contribution in [0.25, 0.3) is 11.3 Å². The standard InChI is InChI=1S/C19H23FN4O3/c20-14-4-1-3-13(9-14)18-15(10-21-22-18)19(26)24-6-2-5-23(7-8-24)16-11-27-12-17(16)25/h1,3-4,9-10,16-17,25H,2,5-8,11-12H2,(H,21,22)/t16-,17-/m0/s1. The van der Waals surface area contributed by atoms with Crippen LogP contribution in [0.2, 0.25) is 0 Å². The van der Waals surface area contributed by atoms with E-state index in [4.69, 9.17) is 4.74 Å². The first kappa shape index (κ1) is 18.1. The molecule has 2 fully saturated rings. The van der Waals surface area contributed by atoms with Gasteiger partial charge in [0, 0.05) is 31.7 Å². The van der Waals surface area contributed by atoms with E-state index in [1.165, 1.54) is 18.3 Å². The van der Waals surface area contributed by atoms with Crippen LogP contribution in [0, 0.1) is 5.82 Å². The molecule has 0 spiro atoms. The molecule has 2 saturated heterocycles. The van der Waals surface area contributed by atoms with Crippen molar-refractivity contribution >= 4 is 5.91 Å². The number of hydrogen-bond donors (Lipinski definition) is 2. The summed E-state index contributed by atoms with van der Waals surface area (Å²) in [6, 6.07) is 6.11. The average Bonchev–Trinajstić information content (AvgIpc) is 3.25. The number of ether oxygens (including phenoxy) is 1. The third-order valence-corrected chi connectivity index (χ3v) is 5.29. The van der Waals surface area contributed by atoms with E-state index in [-0.39, 0.29) is 17.8 Å². The highest BCUT2D eigenvalue weighted by atomic mass is 19.1. The molecular weight excluding hydrogens is 351 g/mol. The van der Waals surface area contributed by atoms with Crippen molar-refractivity contribution < 1.29 is 19.0 Å². The van der Waals surface area contributed by atoms with Gasteiger partial charge in [-0.3, -0.25) is 14.8 Å². The van der Waals surface area contributed by atoms with E-state index < -0.39 is 6.10 Å². The summed E-state index contributed by atoms with van der Waals surface area (Å²) in [6.07, 6.45) is 1.85. The molecule has 1 amide bonds. The van der Waals surface area contributed by atoms with Crippen LogP contribution in [-0.4, -0.2) is 82.5 Å². The molecule has 0 unspecified atom stereocenters. The normalized spacial score (nSPS) is 24.1. The van der Waals surface area contributed by atoms with E-state index in [9.17, 15) is 14.3 Å². The van der Waals surface area contributed by atoms with Crippen molar-refractivity contribution in [3.63, 3.8) is 0 Å². The maximum Gasteiger partial charge on any atom is 0.257 e. The zero-order valence-corrected chi connectivity index (χ0v) is 15.0. The van der Waals surface area contributed by atoms with Gasteiger partial charge >= 0.3 is 0 Å². The maximum atomic E-state index is 13.6. The predicted molar refractivity (Wildman–Crippen MR) is 96.7 cm³/mol. The summed E-state index contributed by atoms with van der Waals surface area (Å²) in [5.41, 5.74) is 1.57. The largest absolute Gasteiger partial charge is 0.389 e. The number of carbonyl (C=O) groups is 1. The third kappa shape index (κ3) is 3.73. The predicted octanol–water partition coefficient (Wildman–Crippen LogP) is 1.12. The van der Waals surface area contributed by atoms with Gasteiger partial charge in [0.15, 0.2) is 0 Å². The lowest BCUT2D eigenvalue weighted by Gasteiger charge is -2.28. The zero-order chi connectivity index (χ0) is 18.8. The minimum atomic E-state index is -0.472. The van der Waals surface area contributed by atoms with Crippen molar-refractivity contribution in [3.8, 4) is 11.3 Å². The van der Waals surface area contributed by atoms with E-state index in [0.717, 1.165) is 13.0 Å². The van der Waals surface area contributed by atoms with Crippen LogP contribution in [0.1, 0.15) is 16.8 Å². The highest BCUT2D eigenvalue weighted by Crippen LogP contribution is 2.24. The summed E-state index contributed by atoms with van der Waals surface area (Å²) in [7, 11) is 0. The van der Waals surface area contributed by atoms with Crippen LogP contribution in [0.15, 0.2) is 30.5 Å². The van der Waals surface area contributed by atoms with Gasteiger partial charge < -0.3 is 14.7 Å². The second kappa shape index (κ2) is 7.75. The molecule has 2 atom stereocenters. The lowest BCUT2D eigenvalue weighted by Crippen LogP contribution is -2.45. The molecule has 2 aromatic rings. The van der Waals surface area contributed by atoms with Gasteiger partial charge in [0.25, 0.3) is 5.91 Å². The molecule has 3 heterocycles. The molecule has 4 rings (SSSR count). The van der Waals surface area contributed by atoms with E-state index in [0.29, 0.717) is 49.7 Å². The van der Waals surface area contributed by atoms with Gasteiger partial charge in [0.1, 0.15) is 5.82 Å². The Morgan fingerprint density at radius 2 is 2.15 bits per heavy atom. The average molecular weight is 374 g/mol. The molecule has 0 radical (unpaired) electrons. The van der Waals surface area contributed by atoms with E-state index >= 15 is 0 Å². The molecule has 2 aliphatic heterocycles. The molecule has 0 aliphatic carbocycles. The first-order valence-corrected chi connectivity index (χ1v) is 9.22. The molecule has 2 aliphatic rings. The molecule has 144 valence electrons. The van der Waals surface area contributed by atoms with Crippen LogP contribution in [0.5, 0.6) is 0 Å². The number of aliphatic hydroxyl groups is 1. The summed E-state index contributed by atoms with van der Waals surface area (Å²) in [6.45, 7) is 3.60. The fourth-order valence-corrected chi connectivity index (χ4v) is 3.84. The summed E-state index contributed by atoms with van der Waals surface area (Å²) in [4.78, 5) is 17.1. The monoisotopic (exact) mass is 374 g/mol. The number of aromatic nitrogens is 2. The Morgan fingerprint density at radius 3 is 2.93 bits per heavy atom. The van der Waals surface area contributed by atoms with Crippen LogP contribution >= 0.6 is 0 Å². The first-order chi connectivity index (χ1) is 13.1. The van der Waals surface area contributed by atoms with Crippen LogP contribution in [0.3, 0.4) is 0 Å². The highest BCUT2D eigenvalue weighted by molar-refractivity contribution is 5.99. The van der Waals surface area contributed by atoms with Crippen LogP contribution in [-0.2, 0) is 4.74 Å². The number of halogens is 1. The molecule has 0 bridgehead atoms. The van der Waals surface area contributed by atoms with Crippen molar-refractivity contribution in [1.82, 2.24) is 20.0 Å². The van der Waals surface area contributed by atoms with E-state index in [1.807, 2.05) is 0 Å². The molecule has 0 saturated carbocycles. The van der Waals surface area contributed by atoms with Crippen LogP contribution < -0.4 is 0 Å². The quantitative estimate of drug-likeness (QED) is 0.842. The van der Waals surface area contributed by atoms with E-state index in [2.05, 4.69) is 15.1 Å². The van der Waals surface area contributed by atoms with Gasteiger partial charge in [-0.1, -0.05) is 12.1 Å². The van der Waals surface area contributed by atoms with Crippen molar-refractivity contribution in [2.45, 2.75) is 18.6 Å². The lowest BCUT2D eigenvalue weighted by atomic mass is 10.1. The summed E-state index contributed by atoms with van der Waals surface area (Å²) in [5.74, 6) is -0.476. The van der Waals surface area contributed by atoms with E-state index in [1.54, 1.807) is 17.0 Å². The topological polar surface area (TPSA) is 81.7 Å². The number of hydrogen-bond acceptors (Lipinski definition) is 5. The molecule has 1 aromatic carbocycles. The Balaban J connectivity index is 1.48. The van der Waals surface area contributed by atoms with Crippen molar-refractivity contribution in [2.75, 3.05) is 39.4 Å². The fourth-order valence-electron chi connectivity index (χ4n) is 3.84. The Hall–Kier alpha value is -2.29. The number of rotatable bonds is 3. The van der Waals surface area contributed by atoms with Gasteiger partial charge in [-0.15, -0.1) is 0 Å². The maximum absolute atomic E-state index is 13.6. The number of aromatic amines is 1. The Labute approximate surface area is 156 Å². The summed E-state index contributed by atoms with van der Waals surface area (Å²) >= 11 is 0. The number of H-pyrrole nitrogens is 1. The van der Waals surface area contributed by atoms with Crippen molar-refractivity contribution in [2.24, 2.45) is 0 Å². The minimum absolute atomic E-state index is 0.00293. The summed E-state index contributed by atoms with van der Waals surface area (Å²) < 4.78 is 18.9. The SMILES string of the molecule is O=C(c1cn[nH]c1-c1cccc(F)c1)N1CCCN([C@H]2COC[C@@H]2O)CC1. The molecular formula is C19H23FN4O3. The molecule has 7 nitrogen and oxygen atoms in total. The number of benzene rings is 1. The number of nitrogens with one attached hydrogen (secondary N) is 1. The highest BCUT2D eigenvalue weighted by Gasteiger charge is 2.33. The van der Waals surface area contributed by atoms with Crippen molar-refractivity contribution in [3.05, 3.63) is 41.8 Å². The Morgan fingerprint density at radius 1 is 1.26 bits per heavy atom. The molecule has 2 N–H and O–H groups in total. The second-order valence-corrected chi connectivity index (χ2v) is 7.02. The molecule has 1 aromatic heterocycles. The van der Waals surface area contributed by atoms with Gasteiger partial charge in [0.05, 0.1) is 42.8 Å². The lowest BCUT2D eigenvalue weighted by molar-refractivity contribution is 0.0725. The number of amides is 1. The zero-order valence-electron chi connectivity index (χ0n) is 15.0.